The molecule has 6 nitrogen and oxygen atoms in total. The molecule has 1 aliphatic rings. The SMILES string of the molecule is COCCn1ccc2c(-c3c(F)cc4c(c3C(F)F)-n3c(C)nnc3C(C)(C)N4)cccc21. The highest BCUT2D eigenvalue weighted by atomic mass is 19.3. The van der Waals surface area contributed by atoms with Crippen LogP contribution in [-0.2, 0) is 16.8 Å². The molecule has 2 aromatic carbocycles. The number of nitrogens with zero attached hydrogens (tertiary/aromatic N) is 4. The zero-order valence-electron chi connectivity index (χ0n) is 18.8. The minimum Gasteiger partial charge on any atom is -0.383 e. The predicted octanol–water partition coefficient (Wildman–Crippen LogP) is 5.58. The van der Waals surface area contributed by atoms with Crippen LogP contribution in [0, 0.1) is 12.7 Å². The van der Waals surface area contributed by atoms with E-state index in [1.54, 1.807) is 30.7 Å². The van der Waals surface area contributed by atoms with Crippen molar-refractivity contribution in [3.8, 4) is 16.8 Å². The number of ether oxygens (including phenoxy) is 1. The van der Waals surface area contributed by atoms with E-state index in [9.17, 15) is 8.78 Å². The normalized spacial score (nSPS) is 14.4. The van der Waals surface area contributed by atoms with Gasteiger partial charge in [0, 0.05) is 36.3 Å². The first-order chi connectivity index (χ1) is 15.7. The van der Waals surface area contributed by atoms with Crippen molar-refractivity contribution in [1.82, 2.24) is 19.3 Å². The van der Waals surface area contributed by atoms with Crippen molar-refractivity contribution >= 4 is 16.6 Å². The van der Waals surface area contributed by atoms with Gasteiger partial charge in [-0.05, 0) is 44.5 Å². The summed E-state index contributed by atoms with van der Waals surface area (Å²) in [5, 5.41) is 12.2. The third-order valence-corrected chi connectivity index (χ3v) is 6.18. The van der Waals surface area contributed by atoms with Crippen molar-refractivity contribution < 1.29 is 17.9 Å². The van der Waals surface area contributed by atoms with Crippen LogP contribution in [0.1, 0.15) is 37.5 Å². The number of alkyl halides is 2. The standard InChI is InChI=1S/C24H24F3N5O/c1-13-29-30-23-24(2,3)28-17-12-16(25)19(20(22(26)27)21(17)32(13)23)15-6-5-7-18-14(15)8-9-31(18)10-11-33-4/h5-9,12,22,28H,10-11H2,1-4H3. The van der Waals surface area contributed by atoms with Crippen LogP contribution in [0.15, 0.2) is 36.5 Å². The molecule has 0 radical (unpaired) electrons. The summed E-state index contributed by atoms with van der Waals surface area (Å²) in [7, 11) is 1.62. The molecule has 0 bridgehead atoms. The molecule has 0 amide bonds. The second-order valence-corrected chi connectivity index (χ2v) is 8.74. The first-order valence-corrected chi connectivity index (χ1v) is 10.7. The lowest BCUT2D eigenvalue weighted by Gasteiger charge is -2.35. The van der Waals surface area contributed by atoms with E-state index in [-0.39, 0.29) is 22.5 Å². The maximum absolute atomic E-state index is 15.6. The molecule has 1 aliphatic heterocycles. The highest BCUT2D eigenvalue weighted by molar-refractivity contribution is 5.98. The Bertz CT molecular complexity index is 1370. The molecule has 0 unspecified atom stereocenters. The average Bonchev–Trinajstić information content (AvgIpc) is 3.35. The lowest BCUT2D eigenvalue weighted by atomic mass is 9.91. The average molecular weight is 455 g/mol. The molecule has 172 valence electrons. The van der Waals surface area contributed by atoms with Crippen LogP contribution in [0.25, 0.3) is 27.7 Å². The summed E-state index contributed by atoms with van der Waals surface area (Å²) in [6, 6.07) is 8.44. The molecule has 1 N–H and O–H groups in total. The van der Waals surface area contributed by atoms with Gasteiger partial charge in [-0.1, -0.05) is 12.1 Å². The van der Waals surface area contributed by atoms with E-state index >= 15 is 4.39 Å². The van der Waals surface area contributed by atoms with E-state index in [1.165, 1.54) is 6.07 Å². The Morgan fingerprint density at radius 2 is 1.97 bits per heavy atom. The molecular weight excluding hydrogens is 431 g/mol. The Hall–Kier alpha value is -3.33. The van der Waals surface area contributed by atoms with Crippen molar-refractivity contribution in [3.05, 3.63) is 59.6 Å². The topological polar surface area (TPSA) is 56.9 Å². The smallest absolute Gasteiger partial charge is 0.266 e. The lowest BCUT2D eigenvalue weighted by Crippen LogP contribution is -2.36. The van der Waals surface area contributed by atoms with Gasteiger partial charge in [0.25, 0.3) is 6.43 Å². The number of methoxy groups -OCH3 is 1. The Labute approximate surface area is 189 Å². The number of aromatic nitrogens is 4. The van der Waals surface area contributed by atoms with Crippen molar-refractivity contribution in [1.29, 1.82) is 0 Å². The summed E-state index contributed by atoms with van der Waals surface area (Å²) >= 11 is 0. The number of hydrogen-bond donors (Lipinski definition) is 1. The second-order valence-electron chi connectivity index (χ2n) is 8.74. The minimum atomic E-state index is -2.92. The summed E-state index contributed by atoms with van der Waals surface area (Å²) in [4.78, 5) is 0. The van der Waals surface area contributed by atoms with Crippen molar-refractivity contribution in [2.24, 2.45) is 0 Å². The fraction of sp³-hybridized carbons (Fsp3) is 0.333. The second kappa shape index (κ2) is 7.62. The monoisotopic (exact) mass is 455 g/mol. The van der Waals surface area contributed by atoms with E-state index in [0.717, 1.165) is 5.52 Å². The molecule has 0 aliphatic carbocycles. The van der Waals surface area contributed by atoms with Crippen LogP contribution in [0.4, 0.5) is 18.9 Å². The highest BCUT2D eigenvalue weighted by Crippen LogP contribution is 2.47. The highest BCUT2D eigenvalue weighted by Gasteiger charge is 2.38. The van der Waals surface area contributed by atoms with Crippen molar-refractivity contribution in [3.63, 3.8) is 0 Å². The van der Waals surface area contributed by atoms with Gasteiger partial charge in [0.05, 0.1) is 29.1 Å². The predicted molar refractivity (Wildman–Crippen MR) is 120 cm³/mol. The maximum atomic E-state index is 15.6. The summed E-state index contributed by atoms with van der Waals surface area (Å²) in [5.41, 5.74) is 0.512. The third kappa shape index (κ3) is 3.21. The van der Waals surface area contributed by atoms with E-state index < -0.39 is 17.8 Å². The Kier molecular flexibility index (Phi) is 4.97. The van der Waals surface area contributed by atoms with Crippen LogP contribution >= 0.6 is 0 Å². The fourth-order valence-corrected chi connectivity index (χ4v) is 4.74. The molecule has 9 heteroatoms. The Morgan fingerprint density at radius 1 is 1.18 bits per heavy atom. The number of rotatable bonds is 5. The molecule has 0 saturated heterocycles. The van der Waals surface area contributed by atoms with Crippen molar-refractivity contribution in [2.45, 2.75) is 39.3 Å². The van der Waals surface area contributed by atoms with Crippen LogP contribution < -0.4 is 5.32 Å². The number of halogens is 3. The van der Waals surface area contributed by atoms with Gasteiger partial charge in [-0.2, -0.15) is 0 Å². The van der Waals surface area contributed by atoms with Crippen LogP contribution in [0.5, 0.6) is 0 Å². The van der Waals surface area contributed by atoms with E-state index in [1.807, 2.05) is 36.7 Å². The first-order valence-electron chi connectivity index (χ1n) is 10.7. The number of hydrogen-bond acceptors (Lipinski definition) is 4. The maximum Gasteiger partial charge on any atom is 0.266 e. The molecule has 0 spiro atoms. The molecule has 33 heavy (non-hydrogen) atoms. The van der Waals surface area contributed by atoms with Crippen LogP contribution in [-0.4, -0.2) is 33.0 Å². The van der Waals surface area contributed by atoms with Gasteiger partial charge in [0.15, 0.2) is 5.82 Å². The number of benzene rings is 2. The Balaban J connectivity index is 1.82. The third-order valence-electron chi connectivity index (χ3n) is 6.18. The number of fused-ring (bicyclic) bond motifs is 4. The molecule has 0 atom stereocenters. The molecule has 0 fully saturated rings. The number of aryl methyl sites for hydroxylation is 1. The van der Waals surface area contributed by atoms with Gasteiger partial charge in [-0.3, -0.25) is 4.57 Å². The van der Waals surface area contributed by atoms with E-state index in [4.69, 9.17) is 4.74 Å². The van der Waals surface area contributed by atoms with Gasteiger partial charge < -0.3 is 14.6 Å². The van der Waals surface area contributed by atoms with Gasteiger partial charge in [0.1, 0.15) is 11.6 Å². The fourth-order valence-electron chi connectivity index (χ4n) is 4.74. The summed E-state index contributed by atoms with van der Waals surface area (Å²) in [6.07, 6.45) is -1.06. The van der Waals surface area contributed by atoms with Gasteiger partial charge in [-0.25, -0.2) is 13.2 Å². The zero-order valence-corrected chi connectivity index (χ0v) is 18.8. The summed E-state index contributed by atoms with van der Waals surface area (Å²) in [5.74, 6) is 0.249. The van der Waals surface area contributed by atoms with Crippen molar-refractivity contribution in [2.75, 3.05) is 19.0 Å². The molecule has 3 heterocycles. The lowest BCUT2D eigenvalue weighted by molar-refractivity contribution is 0.151. The van der Waals surface area contributed by atoms with E-state index in [0.29, 0.717) is 35.8 Å². The Morgan fingerprint density at radius 3 is 2.70 bits per heavy atom. The summed E-state index contributed by atoms with van der Waals surface area (Å²) < 4.78 is 53.8. The van der Waals surface area contributed by atoms with Gasteiger partial charge >= 0.3 is 0 Å². The van der Waals surface area contributed by atoms with Crippen LogP contribution in [0.2, 0.25) is 0 Å². The molecule has 5 rings (SSSR count). The molecule has 2 aromatic heterocycles. The zero-order chi connectivity index (χ0) is 23.5. The van der Waals surface area contributed by atoms with Gasteiger partial charge in [-0.15, -0.1) is 10.2 Å². The largest absolute Gasteiger partial charge is 0.383 e. The number of anilines is 1. The minimum absolute atomic E-state index is 0.112. The molecule has 4 aromatic rings. The molecular formula is C24H24F3N5O. The molecule has 0 saturated carbocycles. The quantitative estimate of drug-likeness (QED) is 0.427. The number of nitrogens with one attached hydrogen (secondary N) is 1. The van der Waals surface area contributed by atoms with E-state index in [2.05, 4.69) is 15.5 Å². The summed E-state index contributed by atoms with van der Waals surface area (Å²) in [6.45, 7) is 6.51. The van der Waals surface area contributed by atoms with Gasteiger partial charge in [0.2, 0.25) is 0 Å². The first kappa shape index (κ1) is 21.5. The van der Waals surface area contributed by atoms with Crippen LogP contribution in [0.3, 0.4) is 0 Å².